The first-order valence-corrected chi connectivity index (χ1v) is 8.92. The SMILES string of the molecule is Cc1nn(Cc2ccc(C(=O)NCc3ccccc3Cl)o2)c(C)c1Br. The van der Waals surface area contributed by atoms with E-state index in [1.807, 2.05) is 36.7 Å². The van der Waals surface area contributed by atoms with Gasteiger partial charge in [0.05, 0.1) is 22.4 Å². The second-order valence-corrected chi connectivity index (χ2v) is 6.88. The zero-order valence-electron chi connectivity index (χ0n) is 13.8. The molecule has 1 N–H and O–H groups in total. The summed E-state index contributed by atoms with van der Waals surface area (Å²) in [5.41, 5.74) is 2.79. The van der Waals surface area contributed by atoms with E-state index in [2.05, 4.69) is 26.3 Å². The molecule has 0 atom stereocenters. The van der Waals surface area contributed by atoms with Crippen molar-refractivity contribution in [3.63, 3.8) is 0 Å². The fourth-order valence-corrected chi connectivity index (χ4v) is 2.95. The van der Waals surface area contributed by atoms with Crippen LogP contribution in [0.5, 0.6) is 0 Å². The monoisotopic (exact) mass is 421 g/mol. The van der Waals surface area contributed by atoms with Gasteiger partial charge in [-0.15, -0.1) is 0 Å². The van der Waals surface area contributed by atoms with Crippen molar-refractivity contribution in [2.24, 2.45) is 0 Å². The summed E-state index contributed by atoms with van der Waals surface area (Å²) in [5, 5.41) is 7.87. The first-order valence-electron chi connectivity index (χ1n) is 7.75. The van der Waals surface area contributed by atoms with Crippen molar-refractivity contribution in [2.75, 3.05) is 0 Å². The smallest absolute Gasteiger partial charge is 0.287 e. The molecule has 0 fully saturated rings. The Morgan fingerprint density at radius 2 is 2.04 bits per heavy atom. The van der Waals surface area contributed by atoms with Gasteiger partial charge in [-0.25, -0.2) is 0 Å². The minimum Gasteiger partial charge on any atom is -0.454 e. The highest BCUT2D eigenvalue weighted by molar-refractivity contribution is 9.10. The number of rotatable bonds is 5. The molecule has 2 heterocycles. The lowest BCUT2D eigenvalue weighted by molar-refractivity contribution is 0.0921. The van der Waals surface area contributed by atoms with Gasteiger partial charge in [0.2, 0.25) is 0 Å². The summed E-state index contributed by atoms with van der Waals surface area (Å²) < 4.78 is 8.47. The van der Waals surface area contributed by atoms with Crippen LogP contribution in [0.25, 0.3) is 0 Å². The van der Waals surface area contributed by atoms with Crippen LogP contribution in [0.1, 0.15) is 33.3 Å². The minimum atomic E-state index is -0.277. The zero-order valence-corrected chi connectivity index (χ0v) is 16.2. The molecule has 1 amide bonds. The maximum absolute atomic E-state index is 12.2. The molecule has 0 bridgehead atoms. The standard InChI is InChI=1S/C18H17BrClN3O2/c1-11-17(19)12(2)23(22-11)10-14-7-8-16(25-14)18(24)21-9-13-5-3-4-6-15(13)20/h3-8H,9-10H2,1-2H3,(H,21,24). The maximum Gasteiger partial charge on any atom is 0.287 e. The summed E-state index contributed by atoms with van der Waals surface area (Å²) in [6.45, 7) is 4.72. The van der Waals surface area contributed by atoms with Crippen molar-refractivity contribution < 1.29 is 9.21 Å². The Hall–Kier alpha value is -2.05. The molecule has 7 heteroatoms. The number of amides is 1. The molecule has 0 unspecified atom stereocenters. The average molecular weight is 423 g/mol. The molecule has 0 saturated carbocycles. The van der Waals surface area contributed by atoms with E-state index in [1.165, 1.54) is 0 Å². The Labute approximate surface area is 159 Å². The lowest BCUT2D eigenvalue weighted by Gasteiger charge is -2.05. The van der Waals surface area contributed by atoms with Crippen LogP contribution < -0.4 is 5.32 Å². The summed E-state index contributed by atoms with van der Waals surface area (Å²) in [6.07, 6.45) is 0. The fraction of sp³-hybridized carbons (Fsp3) is 0.222. The highest BCUT2D eigenvalue weighted by Crippen LogP contribution is 2.21. The van der Waals surface area contributed by atoms with E-state index in [0.717, 1.165) is 21.4 Å². The Kier molecular flexibility index (Phi) is 5.30. The van der Waals surface area contributed by atoms with Gasteiger partial charge in [-0.2, -0.15) is 5.10 Å². The summed E-state index contributed by atoms with van der Waals surface area (Å²) >= 11 is 9.59. The molecular weight excluding hydrogens is 406 g/mol. The summed E-state index contributed by atoms with van der Waals surface area (Å²) in [7, 11) is 0. The van der Waals surface area contributed by atoms with Crippen molar-refractivity contribution in [2.45, 2.75) is 26.9 Å². The highest BCUT2D eigenvalue weighted by Gasteiger charge is 2.14. The molecule has 2 aromatic heterocycles. The Morgan fingerprint density at radius 3 is 2.72 bits per heavy atom. The number of hydrogen-bond acceptors (Lipinski definition) is 3. The Morgan fingerprint density at radius 1 is 1.28 bits per heavy atom. The van der Waals surface area contributed by atoms with Crippen LogP contribution in [-0.2, 0) is 13.1 Å². The third-order valence-electron chi connectivity index (χ3n) is 3.88. The molecule has 0 aliphatic rings. The molecule has 1 aromatic carbocycles. The van der Waals surface area contributed by atoms with Crippen LogP contribution in [0.4, 0.5) is 0 Å². The van der Waals surface area contributed by atoms with Gasteiger partial charge in [0.25, 0.3) is 5.91 Å². The van der Waals surface area contributed by atoms with Crippen LogP contribution in [0.15, 0.2) is 45.3 Å². The number of aromatic nitrogens is 2. The topological polar surface area (TPSA) is 60.1 Å². The van der Waals surface area contributed by atoms with Crippen molar-refractivity contribution in [1.29, 1.82) is 0 Å². The number of nitrogens with one attached hydrogen (secondary N) is 1. The van der Waals surface area contributed by atoms with Crippen molar-refractivity contribution in [3.8, 4) is 0 Å². The van der Waals surface area contributed by atoms with Gasteiger partial charge in [-0.3, -0.25) is 9.48 Å². The van der Waals surface area contributed by atoms with Crippen LogP contribution in [-0.4, -0.2) is 15.7 Å². The Bertz CT molecular complexity index is 917. The van der Waals surface area contributed by atoms with Crippen molar-refractivity contribution >= 4 is 33.4 Å². The highest BCUT2D eigenvalue weighted by atomic mass is 79.9. The summed E-state index contributed by atoms with van der Waals surface area (Å²) in [6, 6.07) is 10.8. The van der Waals surface area contributed by atoms with Crippen LogP contribution in [0, 0.1) is 13.8 Å². The predicted octanol–water partition coefficient (Wildman–Crippen LogP) is 4.49. The molecule has 25 heavy (non-hydrogen) atoms. The van der Waals surface area contributed by atoms with Gasteiger partial charge in [0, 0.05) is 11.6 Å². The van der Waals surface area contributed by atoms with E-state index in [1.54, 1.807) is 18.2 Å². The van der Waals surface area contributed by atoms with Gasteiger partial charge in [-0.05, 0) is 53.5 Å². The third-order valence-corrected chi connectivity index (χ3v) is 5.40. The van der Waals surface area contributed by atoms with Gasteiger partial charge in [0.1, 0.15) is 5.76 Å². The predicted molar refractivity (Wildman–Crippen MR) is 99.8 cm³/mol. The zero-order chi connectivity index (χ0) is 18.0. The number of aryl methyl sites for hydroxylation is 1. The molecular formula is C18H17BrClN3O2. The number of carbonyl (C=O) groups is 1. The van der Waals surface area contributed by atoms with Gasteiger partial charge in [0.15, 0.2) is 5.76 Å². The van der Waals surface area contributed by atoms with E-state index >= 15 is 0 Å². The van der Waals surface area contributed by atoms with Gasteiger partial charge in [-0.1, -0.05) is 29.8 Å². The number of benzene rings is 1. The van der Waals surface area contributed by atoms with Gasteiger partial charge < -0.3 is 9.73 Å². The second kappa shape index (κ2) is 7.45. The lowest BCUT2D eigenvalue weighted by Crippen LogP contribution is -2.22. The molecule has 0 radical (unpaired) electrons. The molecule has 0 aliphatic heterocycles. The number of halogens is 2. The summed E-state index contributed by atoms with van der Waals surface area (Å²) in [4.78, 5) is 12.2. The second-order valence-electron chi connectivity index (χ2n) is 5.68. The maximum atomic E-state index is 12.2. The quantitative estimate of drug-likeness (QED) is 0.659. The van der Waals surface area contributed by atoms with Gasteiger partial charge >= 0.3 is 0 Å². The van der Waals surface area contributed by atoms with Crippen molar-refractivity contribution in [3.05, 3.63) is 74.4 Å². The van der Waals surface area contributed by atoms with E-state index in [-0.39, 0.29) is 11.7 Å². The van der Waals surface area contributed by atoms with Crippen LogP contribution >= 0.6 is 27.5 Å². The summed E-state index contributed by atoms with van der Waals surface area (Å²) in [5.74, 6) is 0.657. The molecule has 5 nitrogen and oxygen atoms in total. The Balaban J connectivity index is 1.65. The number of carbonyl (C=O) groups excluding carboxylic acids is 1. The molecule has 3 aromatic rings. The fourth-order valence-electron chi connectivity index (χ4n) is 2.47. The van der Waals surface area contributed by atoms with E-state index in [0.29, 0.717) is 23.9 Å². The molecule has 0 aliphatic carbocycles. The van der Waals surface area contributed by atoms with E-state index in [4.69, 9.17) is 16.0 Å². The first-order chi connectivity index (χ1) is 12.0. The molecule has 3 rings (SSSR count). The number of furan rings is 1. The lowest BCUT2D eigenvalue weighted by atomic mass is 10.2. The number of nitrogens with zero attached hydrogens (tertiary/aromatic N) is 2. The largest absolute Gasteiger partial charge is 0.454 e. The first kappa shape index (κ1) is 17.8. The normalized spacial score (nSPS) is 10.9. The molecule has 130 valence electrons. The van der Waals surface area contributed by atoms with Crippen LogP contribution in [0.2, 0.25) is 5.02 Å². The van der Waals surface area contributed by atoms with Crippen molar-refractivity contribution in [1.82, 2.24) is 15.1 Å². The molecule has 0 saturated heterocycles. The van der Waals surface area contributed by atoms with Crippen LogP contribution in [0.3, 0.4) is 0 Å². The van der Waals surface area contributed by atoms with E-state index in [9.17, 15) is 4.79 Å². The third kappa shape index (κ3) is 3.96. The molecule has 0 spiro atoms. The van der Waals surface area contributed by atoms with E-state index < -0.39 is 0 Å². The average Bonchev–Trinajstić information content (AvgIpc) is 3.15. The number of hydrogen-bond donors (Lipinski definition) is 1. The minimum absolute atomic E-state index is 0.266.